The quantitative estimate of drug-likeness (QED) is 0.799. The van der Waals surface area contributed by atoms with Crippen molar-refractivity contribution in [1.82, 2.24) is 14.5 Å². The normalized spacial score (nSPS) is 12.3. The second-order valence-corrected chi connectivity index (χ2v) is 4.43. The summed E-state index contributed by atoms with van der Waals surface area (Å²) >= 11 is 0. The molecule has 0 atom stereocenters. The van der Waals surface area contributed by atoms with E-state index in [2.05, 4.69) is 28.4 Å². The smallest absolute Gasteiger partial charge is 0.177 e. The first kappa shape index (κ1) is 10.1. The van der Waals surface area contributed by atoms with E-state index >= 15 is 0 Å². The van der Waals surface area contributed by atoms with Crippen molar-refractivity contribution in [2.45, 2.75) is 19.3 Å². The molecule has 2 N–H and O–H groups in total. The molecule has 0 unspecified atom stereocenters. The molecule has 2 rings (SSSR count). The summed E-state index contributed by atoms with van der Waals surface area (Å²) in [4.78, 5) is 8.76. The van der Waals surface area contributed by atoms with E-state index in [1.165, 1.54) is 0 Å². The van der Waals surface area contributed by atoms with Crippen LogP contribution < -0.4 is 5.73 Å². The van der Waals surface area contributed by atoms with Crippen LogP contribution in [-0.4, -0.2) is 21.1 Å². The minimum Gasteiger partial charge on any atom is -0.329 e. The predicted octanol–water partition coefficient (Wildman–Crippen LogP) is 1.20. The van der Waals surface area contributed by atoms with Gasteiger partial charge in [-0.05, 0) is 12.1 Å². The van der Waals surface area contributed by atoms with Crippen LogP contribution in [0.5, 0.6) is 0 Å². The van der Waals surface area contributed by atoms with Gasteiger partial charge in [0.1, 0.15) is 5.82 Å². The van der Waals surface area contributed by atoms with Gasteiger partial charge < -0.3 is 10.3 Å². The molecule has 2 aromatic rings. The van der Waals surface area contributed by atoms with Gasteiger partial charge in [-0.25, -0.2) is 9.97 Å². The molecule has 0 aromatic carbocycles. The van der Waals surface area contributed by atoms with Crippen LogP contribution in [-0.2, 0) is 12.5 Å². The zero-order valence-electron chi connectivity index (χ0n) is 9.36. The molecule has 0 spiro atoms. The lowest BCUT2D eigenvalue weighted by atomic mass is 9.93. The average Bonchev–Trinajstić information content (AvgIpc) is 2.58. The van der Waals surface area contributed by atoms with Crippen molar-refractivity contribution in [3.63, 3.8) is 0 Å². The second-order valence-electron chi connectivity index (χ2n) is 4.43. The Balaban J connectivity index is 2.68. The molecule has 0 aliphatic heterocycles. The Morgan fingerprint density at radius 2 is 2.20 bits per heavy atom. The maximum atomic E-state index is 5.76. The number of fused-ring (bicyclic) bond motifs is 1. The fraction of sp³-hybridized carbons (Fsp3) is 0.455. The highest BCUT2D eigenvalue weighted by Crippen LogP contribution is 2.23. The largest absolute Gasteiger partial charge is 0.329 e. The average molecular weight is 204 g/mol. The summed E-state index contributed by atoms with van der Waals surface area (Å²) in [5, 5.41) is 0. The van der Waals surface area contributed by atoms with Crippen molar-refractivity contribution < 1.29 is 0 Å². The third-order valence-electron chi connectivity index (χ3n) is 2.77. The van der Waals surface area contributed by atoms with Gasteiger partial charge in [-0.2, -0.15) is 0 Å². The SMILES string of the molecule is Cn1c(C(C)(C)CN)nc2ncccc21. The summed E-state index contributed by atoms with van der Waals surface area (Å²) in [6.45, 7) is 4.76. The van der Waals surface area contributed by atoms with Crippen LogP contribution in [0.25, 0.3) is 11.2 Å². The standard InChI is InChI=1S/C11H16N4/c1-11(2,7-12)10-14-9-8(15(10)3)5-4-6-13-9/h4-6H,7,12H2,1-3H3. The van der Waals surface area contributed by atoms with E-state index in [9.17, 15) is 0 Å². The van der Waals surface area contributed by atoms with Crippen LogP contribution in [0.1, 0.15) is 19.7 Å². The molecule has 0 saturated heterocycles. The maximum Gasteiger partial charge on any atom is 0.177 e. The number of pyridine rings is 1. The molecule has 0 aliphatic rings. The number of imidazole rings is 1. The van der Waals surface area contributed by atoms with E-state index in [4.69, 9.17) is 5.73 Å². The number of hydrogen-bond donors (Lipinski definition) is 1. The summed E-state index contributed by atoms with van der Waals surface area (Å²) < 4.78 is 2.06. The lowest BCUT2D eigenvalue weighted by Gasteiger charge is -2.21. The number of hydrogen-bond acceptors (Lipinski definition) is 3. The molecule has 0 radical (unpaired) electrons. The van der Waals surface area contributed by atoms with Crippen molar-refractivity contribution in [2.75, 3.05) is 6.54 Å². The lowest BCUT2D eigenvalue weighted by molar-refractivity contribution is 0.487. The van der Waals surface area contributed by atoms with Crippen molar-refractivity contribution in [3.05, 3.63) is 24.2 Å². The van der Waals surface area contributed by atoms with Crippen molar-refractivity contribution in [3.8, 4) is 0 Å². The molecule has 2 aromatic heterocycles. The molecule has 0 bridgehead atoms. The zero-order chi connectivity index (χ0) is 11.1. The van der Waals surface area contributed by atoms with Gasteiger partial charge in [-0.3, -0.25) is 0 Å². The van der Waals surface area contributed by atoms with E-state index in [-0.39, 0.29) is 5.41 Å². The predicted molar refractivity (Wildman–Crippen MR) is 60.6 cm³/mol. The Hall–Kier alpha value is -1.42. The van der Waals surface area contributed by atoms with Crippen LogP contribution in [0, 0.1) is 0 Å². The topological polar surface area (TPSA) is 56.7 Å². The number of rotatable bonds is 2. The number of aryl methyl sites for hydroxylation is 1. The van der Waals surface area contributed by atoms with E-state index in [1.807, 2.05) is 19.2 Å². The van der Waals surface area contributed by atoms with Crippen LogP contribution in [0.4, 0.5) is 0 Å². The monoisotopic (exact) mass is 204 g/mol. The van der Waals surface area contributed by atoms with Gasteiger partial charge in [-0.15, -0.1) is 0 Å². The van der Waals surface area contributed by atoms with Crippen molar-refractivity contribution >= 4 is 11.2 Å². The third kappa shape index (κ3) is 1.51. The minimum absolute atomic E-state index is 0.116. The molecular weight excluding hydrogens is 188 g/mol. The summed E-state index contributed by atoms with van der Waals surface area (Å²) in [6, 6.07) is 3.94. The van der Waals surface area contributed by atoms with Gasteiger partial charge in [0, 0.05) is 25.2 Å². The highest BCUT2D eigenvalue weighted by molar-refractivity contribution is 5.71. The van der Waals surface area contributed by atoms with Crippen LogP contribution in [0.3, 0.4) is 0 Å². The summed E-state index contributed by atoms with van der Waals surface area (Å²) in [5.41, 5.74) is 7.48. The van der Waals surface area contributed by atoms with E-state index in [0.717, 1.165) is 17.0 Å². The van der Waals surface area contributed by atoms with Crippen molar-refractivity contribution in [2.24, 2.45) is 12.8 Å². The number of aromatic nitrogens is 3. The minimum atomic E-state index is -0.116. The fourth-order valence-electron chi connectivity index (χ4n) is 1.72. The van der Waals surface area contributed by atoms with Gasteiger partial charge in [0.05, 0.1) is 5.52 Å². The second kappa shape index (κ2) is 3.31. The Morgan fingerprint density at radius 3 is 2.80 bits per heavy atom. The van der Waals surface area contributed by atoms with Gasteiger partial charge in [0.2, 0.25) is 0 Å². The summed E-state index contributed by atoms with van der Waals surface area (Å²) in [5.74, 6) is 0.985. The molecule has 0 amide bonds. The first-order valence-electron chi connectivity index (χ1n) is 5.04. The highest BCUT2D eigenvalue weighted by Gasteiger charge is 2.25. The van der Waals surface area contributed by atoms with E-state index in [1.54, 1.807) is 6.20 Å². The molecule has 0 saturated carbocycles. The molecule has 4 heteroatoms. The molecule has 2 heterocycles. The van der Waals surface area contributed by atoms with Gasteiger partial charge in [-0.1, -0.05) is 13.8 Å². The molecule has 4 nitrogen and oxygen atoms in total. The molecular formula is C11H16N4. The van der Waals surface area contributed by atoms with Crippen molar-refractivity contribution in [1.29, 1.82) is 0 Å². The first-order valence-corrected chi connectivity index (χ1v) is 5.04. The molecule has 15 heavy (non-hydrogen) atoms. The molecule has 0 fully saturated rings. The van der Waals surface area contributed by atoms with E-state index in [0.29, 0.717) is 6.54 Å². The van der Waals surface area contributed by atoms with E-state index < -0.39 is 0 Å². The Morgan fingerprint density at radius 1 is 1.47 bits per heavy atom. The summed E-state index contributed by atoms with van der Waals surface area (Å²) in [6.07, 6.45) is 1.76. The Bertz CT molecular complexity index is 484. The van der Waals surface area contributed by atoms with Crippen LogP contribution >= 0.6 is 0 Å². The van der Waals surface area contributed by atoms with Crippen LogP contribution in [0.15, 0.2) is 18.3 Å². The van der Waals surface area contributed by atoms with Gasteiger partial charge in [0.25, 0.3) is 0 Å². The number of nitrogens with zero attached hydrogens (tertiary/aromatic N) is 3. The Labute approximate surface area is 89.1 Å². The highest BCUT2D eigenvalue weighted by atomic mass is 15.1. The number of nitrogens with two attached hydrogens (primary N) is 1. The van der Waals surface area contributed by atoms with Gasteiger partial charge >= 0.3 is 0 Å². The van der Waals surface area contributed by atoms with Gasteiger partial charge in [0.15, 0.2) is 5.65 Å². The molecule has 0 aliphatic carbocycles. The lowest BCUT2D eigenvalue weighted by Crippen LogP contribution is -2.31. The van der Waals surface area contributed by atoms with Crippen LogP contribution in [0.2, 0.25) is 0 Å². The first-order chi connectivity index (χ1) is 7.06. The zero-order valence-corrected chi connectivity index (χ0v) is 9.36. The maximum absolute atomic E-state index is 5.76. The third-order valence-corrected chi connectivity index (χ3v) is 2.77. The molecule has 80 valence electrons. The summed E-state index contributed by atoms with van der Waals surface area (Å²) in [7, 11) is 2.00. The Kier molecular flexibility index (Phi) is 2.23. The fourth-order valence-corrected chi connectivity index (χ4v) is 1.72.